The number of hydrazine groups is 1. The molecule has 8 heteroatoms. The number of methoxy groups -OCH3 is 3. The van der Waals surface area contributed by atoms with E-state index in [9.17, 15) is 9.59 Å². The van der Waals surface area contributed by atoms with Gasteiger partial charge in [0.05, 0.1) is 27.9 Å². The van der Waals surface area contributed by atoms with Crippen molar-refractivity contribution in [2.45, 2.75) is 20.3 Å². The summed E-state index contributed by atoms with van der Waals surface area (Å²) in [5.41, 5.74) is 6.13. The highest BCUT2D eigenvalue weighted by Crippen LogP contribution is 2.30. The fourth-order valence-electron chi connectivity index (χ4n) is 2.62. The number of amides is 2. The lowest BCUT2D eigenvalue weighted by Crippen LogP contribution is -2.41. The molecule has 0 heterocycles. The van der Waals surface area contributed by atoms with Crippen molar-refractivity contribution < 1.29 is 28.5 Å². The Kier molecular flexibility index (Phi) is 7.70. The van der Waals surface area contributed by atoms with Crippen LogP contribution in [0.15, 0.2) is 30.3 Å². The van der Waals surface area contributed by atoms with Crippen LogP contribution in [0.1, 0.15) is 39.6 Å². The van der Waals surface area contributed by atoms with E-state index in [1.807, 2.05) is 13.8 Å². The number of rotatable bonds is 8. The van der Waals surface area contributed by atoms with Crippen LogP contribution in [0.5, 0.6) is 23.0 Å². The Bertz CT molecular complexity index is 856. The van der Waals surface area contributed by atoms with Crippen molar-refractivity contribution in [2.75, 3.05) is 27.9 Å². The molecule has 2 aromatic carbocycles. The molecule has 0 unspecified atom stereocenters. The van der Waals surface area contributed by atoms with Crippen molar-refractivity contribution in [3.05, 3.63) is 47.0 Å². The molecule has 8 nitrogen and oxygen atoms in total. The zero-order chi connectivity index (χ0) is 21.4. The van der Waals surface area contributed by atoms with E-state index < -0.39 is 11.8 Å². The first-order chi connectivity index (χ1) is 13.9. The number of carbonyl (C=O) groups excluding carboxylic acids is 2. The number of hydrogen-bond acceptors (Lipinski definition) is 6. The highest BCUT2D eigenvalue weighted by molar-refractivity contribution is 5.99. The van der Waals surface area contributed by atoms with E-state index in [1.165, 1.54) is 21.3 Å². The minimum absolute atomic E-state index is 0.283. The van der Waals surface area contributed by atoms with E-state index in [0.717, 1.165) is 12.0 Å². The van der Waals surface area contributed by atoms with E-state index in [4.69, 9.17) is 18.9 Å². The van der Waals surface area contributed by atoms with E-state index in [2.05, 4.69) is 10.9 Å². The smallest absolute Gasteiger partial charge is 0.269 e. The lowest BCUT2D eigenvalue weighted by Gasteiger charge is -2.14. The molecule has 0 saturated heterocycles. The van der Waals surface area contributed by atoms with Gasteiger partial charge in [-0.05, 0) is 43.7 Å². The maximum Gasteiger partial charge on any atom is 0.269 e. The fourth-order valence-corrected chi connectivity index (χ4v) is 2.62. The molecule has 0 aromatic heterocycles. The molecule has 0 aliphatic heterocycles. The summed E-state index contributed by atoms with van der Waals surface area (Å²) >= 11 is 0. The van der Waals surface area contributed by atoms with Crippen LogP contribution in [0.25, 0.3) is 0 Å². The third-order valence-electron chi connectivity index (χ3n) is 4.19. The van der Waals surface area contributed by atoms with Gasteiger partial charge in [0.25, 0.3) is 11.8 Å². The third kappa shape index (κ3) is 5.31. The Hall–Kier alpha value is -3.42. The normalized spacial score (nSPS) is 10.1. The number of ether oxygens (including phenoxy) is 4. The maximum atomic E-state index is 12.4. The van der Waals surface area contributed by atoms with Gasteiger partial charge >= 0.3 is 0 Å². The highest BCUT2D eigenvalue weighted by atomic mass is 16.5. The summed E-state index contributed by atoms with van der Waals surface area (Å²) in [6.07, 6.45) is 0.853. The van der Waals surface area contributed by atoms with Crippen molar-refractivity contribution in [3.63, 3.8) is 0 Å². The summed E-state index contributed by atoms with van der Waals surface area (Å²) in [5.74, 6) is 0.996. The predicted molar refractivity (Wildman–Crippen MR) is 108 cm³/mol. The van der Waals surface area contributed by atoms with Gasteiger partial charge in [-0.1, -0.05) is 6.92 Å². The second-order valence-corrected chi connectivity index (χ2v) is 6.13. The Morgan fingerprint density at radius 2 is 1.31 bits per heavy atom. The van der Waals surface area contributed by atoms with Gasteiger partial charge in [0.15, 0.2) is 11.5 Å². The summed E-state index contributed by atoms with van der Waals surface area (Å²) in [4.78, 5) is 24.8. The molecule has 0 bridgehead atoms. The van der Waals surface area contributed by atoms with Crippen LogP contribution in [0.4, 0.5) is 0 Å². The summed E-state index contributed by atoms with van der Waals surface area (Å²) in [6, 6.07) is 7.93. The first-order valence-corrected chi connectivity index (χ1v) is 9.09. The molecule has 2 amide bonds. The van der Waals surface area contributed by atoms with Crippen molar-refractivity contribution in [1.29, 1.82) is 0 Å². The van der Waals surface area contributed by atoms with E-state index in [0.29, 0.717) is 35.2 Å². The number of carbonyl (C=O) groups is 2. The summed E-state index contributed by atoms with van der Waals surface area (Å²) in [6.45, 7) is 4.36. The molecule has 0 aliphatic carbocycles. The minimum Gasteiger partial charge on any atom is -0.496 e. The Morgan fingerprint density at radius 3 is 1.83 bits per heavy atom. The van der Waals surface area contributed by atoms with Crippen LogP contribution in [-0.2, 0) is 0 Å². The number of benzene rings is 2. The number of hydrogen-bond donors (Lipinski definition) is 2. The summed E-state index contributed by atoms with van der Waals surface area (Å²) in [5, 5.41) is 0. The van der Waals surface area contributed by atoms with Gasteiger partial charge in [0.2, 0.25) is 0 Å². The molecular formula is C21H26N2O6. The average Bonchev–Trinajstić information content (AvgIpc) is 2.75. The SMILES string of the molecule is CCCOc1ccc(C(=O)NNC(=O)c2cc(OC)c(C)c(OC)c2)cc1OC. The predicted octanol–water partition coefficient (Wildman–Crippen LogP) is 2.88. The monoisotopic (exact) mass is 402 g/mol. The Morgan fingerprint density at radius 1 is 0.793 bits per heavy atom. The first-order valence-electron chi connectivity index (χ1n) is 9.09. The molecule has 156 valence electrons. The molecule has 29 heavy (non-hydrogen) atoms. The quantitative estimate of drug-likeness (QED) is 0.660. The minimum atomic E-state index is -0.509. The lowest BCUT2D eigenvalue weighted by molar-refractivity contribution is 0.0846. The molecule has 2 aromatic rings. The van der Waals surface area contributed by atoms with E-state index >= 15 is 0 Å². The van der Waals surface area contributed by atoms with Crippen molar-refractivity contribution in [3.8, 4) is 23.0 Å². The van der Waals surface area contributed by atoms with Crippen LogP contribution in [0, 0.1) is 6.92 Å². The first kappa shape index (κ1) is 21.9. The lowest BCUT2D eigenvalue weighted by atomic mass is 10.1. The van der Waals surface area contributed by atoms with Crippen LogP contribution in [0.2, 0.25) is 0 Å². The average molecular weight is 402 g/mol. The molecular weight excluding hydrogens is 376 g/mol. The molecule has 0 saturated carbocycles. The molecule has 0 radical (unpaired) electrons. The molecule has 0 fully saturated rings. The zero-order valence-corrected chi connectivity index (χ0v) is 17.3. The van der Waals surface area contributed by atoms with Crippen LogP contribution < -0.4 is 29.8 Å². The molecule has 0 aliphatic rings. The fraction of sp³-hybridized carbons (Fsp3) is 0.333. The van der Waals surface area contributed by atoms with E-state index in [1.54, 1.807) is 30.3 Å². The second-order valence-electron chi connectivity index (χ2n) is 6.13. The maximum absolute atomic E-state index is 12.4. The van der Waals surface area contributed by atoms with Crippen LogP contribution in [0.3, 0.4) is 0 Å². The molecule has 0 spiro atoms. The van der Waals surface area contributed by atoms with Gasteiger partial charge < -0.3 is 18.9 Å². The molecule has 0 atom stereocenters. The molecule has 2 rings (SSSR count). The van der Waals surface area contributed by atoms with Gasteiger partial charge in [-0.2, -0.15) is 0 Å². The van der Waals surface area contributed by atoms with Crippen molar-refractivity contribution >= 4 is 11.8 Å². The second kappa shape index (κ2) is 10.2. The zero-order valence-electron chi connectivity index (χ0n) is 17.3. The topological polar surface area (TPSA) is 95.1 Å². The third-order valence-corrected chi connectivity index (χ3v) is 4.19. The van der Waals surface area contributed by atoms with E-state index in [-0.39, 0.29) is 5.56 Å². The largest absolute Gasteiger partial charge is 0.496 e. The Balaban J connectivity index is 2.10. The highest BCUT2D eigenvalue weighted by Gasteiger charge is 2.16. The summed E-state index contributed by atoms with van der Waals surface area (Å²) in [7, 11) is 4.51. The standard InChI is InChI=1S/C21H26N2O6/c1-6-9-29-16-8-7-14(10-19(16)28-5)20(24)22-23-21(25)15-11-17(26-3)13(2)18(12-15)27-4/h7-8,10-12H,6,9H2,1-5H3,(H,22,24)(H,23,25). The van der Waals surface area contributed by atoms with Crippen molar-refractivity contribution in [1.82, 2.24) is 10.9 Å². The Labute approximate surface area is 170 Å². The number of nitrogens with one attached hydrogen (secondary N) is 2. The van der Waals surface area contributed by atoms with Gasteiger partial charge in [-0.15, -0.1) is 0 Å². The van der Waals surface area contributed by atoms with Gasteiger partial charge in [0.1, 0.15) is 11.5 Å². The van der Waals surface area contributed by atoms with Crippen molar-refractivity contribution in [2.24, 2.45) is 0 Å². The summed E-state index contributed by atoms with van der Waals surface area (Å²) < 4.78 is 21.4. The van der Waals surface area contributed by atoms with Crippen LogP contribution >= 0.6 is 0 Å². The van der Waals surface area contributed by atoms with Gasteiger partial charge in [0, 0.05) is 16.7 Å². The van der Waals surface area contributed by atoms with Gasteiger partial charge in [-0.25, -0.2) is 0 Å². The van der Waals surface area contributed by atoms with Crippen LogP contribution in [-0.4, -0.2) is 39.8 Å². The van der Waals surface area contributed by atoms with Gasteiger partial charge in [-0.3, -0.25) is 20.4 Å². The molecule has 2 N–H and O–H groups in total.